The van der Waals surface area contributed by atoms with E-state index < -0.39 is 55.7 Å². The van der Waals surface area contributed by atoms with Crippen molar-refractivity contribution in [1.82, 2.24) is 24.9 Å². The van der Waals surface area contributed by atoms with E-state index in [4.69, 9.17) is 14.1 Å². The van der Waals surface area contributed by atoms with E-state index in [1.165, 1.54) is 0 Å². The second kappa shape index (κ2) is 13.6. The molecule has 5 atom stereocenters. The fourth-order valence-corrected chi connectivity index (χ4v) is 10.4. The zero-order chi connectivity index (χ0) is 38.9. The normalized spacial score (nSPS) is 28.9. The van der Waals surface area contributed by atoms with Crippen molar-refractivity contribution in [3.63, 3.8) is 0 Å². The van der Waals surface area contributed by atoms with Crippen LogP contribution in [0.15, 0.2) is 65.1 Å². The number of nitrogens with zero attached hydrogens (tertiary/aromatic N) is 3. The highest BCUT2D eigenvalue weighted by molar-refractivity contribution is 7.91. The summed E-state index contributed by atoms with van der Waals surface area (Å²) in [5.41, 5.74) is 1.52. The number of allylic oxidation sites excluding steroid dienone is 1. The highest BCUT2D eigenvalue weighted by Gasteiger charge is 2.59. The number of amides is 3. The third-order valence-corrected chi connectivity index (χ3v) is 15.1. The van der Waals surface area contributed by atoms with Gasteiger partial charge in [0.25, 0.3) is 11.9 Å². The van der Waals surface area contributed by atoms with Crippen LogP contribution >= 0.6 is 0 Å². The van der Waals surface area contributed by atoms with E-state index in [2.05, 4.69) is 20.3 Å². The zero-order valence-electron chi connectivity index (χ0n) is 31.8. The average molecular weight is 781 g/mol. The molecular weight excluding hydrogens is 733 g/mol. The van der Waals surface area contributed by atoms with Crippen LogP contribution < -0.4 is 20.1 Å². The Balaban J connectivity index is 1.08. The third-order valence-electron chi connectivity index (χ3n) is 12.9. The number of aryl methyl sites for hydroxylation is 2. The Bertz CT molecular complexity index is 2360. The fourth-order valence-electron chi connectivity index (χ4n) is 9.10. The van der Waals surface area contributed by atoms with E-state index in [0.717, 1.165) is 47.8 Å². The van der Waals surface area contributed by atoms with Gasteiger partial charge in [0.2, 0.25) is 21.8 Å². The summed E-state index contributed by atoms with van der Waals surface area (Å²) in [6, 6.07) is 13.8. The van der Waals surface area contributed by atoms with Crippen LogP contribution in [0.1, 0.15) is 88.8 Å². The molecule has 3 amide bonds. The molecule has 0 radical (unpaired) electrons. The molecule has 3 fully saturated rings. The van der Waals surface area contributed by atoms with Crippen molar-refractivity contribution in [2.75, 3.05) is 11.9 Å². The Hall–Kier alpha value is -4.98. The third kappa shape index (κ3) is 6.29. The molecule has 2 saturated carbocycles. The molecule has 56 heavy (non-hydrogen) atoms. The smallest absolute Gasteiger partial charge is 0.296 e. The van der Waals surface area contributed by atoms with Gasteiger partial charge in [0.1, 0.15) is 34.5 Å². The minimum Gasteiger partial charge on any atom is -0.483 e. The number of sulfonamides is 1. The number of carbonyl (C=O) groups is 3. The van der Waals surface area contributed by atoms with E-state index in [9.17, 15) is 22.8 Å². The van der Waals surface area contributed by atoms with E-state index in [-0.39, 0.29) is 31.3 Å². The molecule has 4 aromatic rings. The maximum atomic E-state index is 15.0. The number of benzene rings is 2. The number of hydrogen-bond acceptors (Lipinski definition) is 10. The summed E-state index contributed by atoms with van der Waals surface area (Å²) >= 11 is 0. The first-order valence-electron chi connectivity index (χ1n) is 19.9. The Kier molecular flexibility index (Phi) is 8.90. The maximum Gasteiger partial charge on any atom is 0.296 e. The summed E-state index contributed by atoms with van der Waals surface area (Å²) in [5.74, 6) is -1.29. The summed E-state index contributed by atoms with van der Waals surface area (Å²) in [6.07, 6.45) is 10.8. The lowest BCUT2D eigenvalue weighted by molar-refractivity contribution is -0.144. The predicted octanol–water partition coefficient (Wildman–Crippen LogP) is 5.61. The van der Waals surface area contributed by atoms with Crippen LogP contribution in [0, 0.1) is 12.8 Å². The van der Waals surface area contributed by atoms with Gasteiger partial charge in [0.05, 0.1) is 22.5 Å². The molecule has 1 spiro atoms. The minimum absolute atomic E-state index is 0.136. The van der Waals surface area contributed by atoms with Gasteiger partial charge in [-0.3, -0.25) is 19.1 Å². The van der Waals surface area contributed by atoms with Gasteiger partial charge < -0.3 is 24.7 Å². The zero-order valence-corrected chi connectivity index (χ0v) is 32.6. The number of pyridine rings is 1. The number of nitrogens with one attached hydrogen (secondary N) is 3. The Labute approximate surface area is 326 Å². The summed E-state index contributed by atoms with van der Waals surface area (Å²) in [4.78, 5) is 55.1. The van der Waals surface area contributed by atoms with Gasteiger partial charge in [-0.15, -0.1) is 0 Å². The molecule has 0 bridgehead atoms. The van der Waals surface area contributed by atoms with E-state index in [0.29, 0.717) is 55.4 Å². The van der Waals surface area contributed by atoms with E-state index >= 15 is 0 Å². The van der Waals surface area contributed by atoms with Gasteiger partial charge >= 0.3 is 0 Å². The van der Waals surface area contributed by atoms with Gasteiger partial charge in [-0.2, -0.15) is 4.98 Å². The van der Waals surface area contributed by atoms with Crippen LogP contribution in [-0.4, -0.2) is 75.5 Å². The SMILES string of the molecule is Cc1nc2ccccc2c2c1OC1(CC2)CC2C(=O)NC3(C(=O)NS(=O)(=O)C4(C)CC4)CCC3C=CCCCCCC(Nc3nc4ccccc4o3)C(=O)N2C1. The quantitative estimate of drug-likeness (QED) is 0.216. The van der Waals surface area contributed by atoms with Crippen LogP contribution in [0.2, 0.25) is 0 Å². The number of rotatable bonds is 5. The first kappa shape index (κ1) is 36.6. The Morgan fingerprint density at radius 2 is 1.75 bits per heavy atom. The highest BCUT2D eigenvalue weighted by Crippen LogP contribution is 2.47. The van der Waals surface area contributed by atoms with Gasteiger partial charge in [0.15, 0.2) is 5.58 Å². The van der Waals surface area contributed by atoms with Crippen molar-refractivity contribution < 1.29 is 32.0 Å². The summed E-state index contributed by atoms with van der Waals surface area (Å²) in [5, 5.41) is 7.36. The molecule has 3 N–H and O–H groups in total. The Morgan fingerprint density at radius 3 is 2.52 bits per heavy atom. The number of oxazole rings is 1. The van der Waals surface area contributed by atoms with Gasteiger partial charge in [-0.1, -0.05) is 55.3 Å². The first-order valence-corrected chi connectivity index (χ1v) is 21.4. The van der Waals surface area contributed by atoms with Crippen molar-refractivity contribution in [1.29, 1.82) is 0 Å². The first-order chi connectivity index (χ1) is 26.9. The van der Waals surface area contributed by atoms with Crippen LogP contribution in [-0.2, 0) is 30.8 Å². The molecule has 2 aromatic heterocycles. The standard InChI is InChI=1S/C42H48N6O7S/c1-26-35-29(28-13-8-9-14-30(28)43-26)19-20-41(55-35)24-33-36(49)46-42(38(51)47-56(52,53)40(2)22-23-40)21-18-27(42)12-6-4-3-5-7-16-32(37(50)48(33)25-41)45-39-44-31-15-10-11-17-34(31)54-39/h6,8-15,17,27,32-33H,3-5,7,16,18-25H2,1-2H3,(H,44,45)(H,46,49)(H,47,51). The van der Waals surface area contributed by atoms with Crippen molar-refractivity contribution >= 4 is 55.8 Å². The fraction of sp³-hybridized carbons (Fsp3) is 0.500. The topological polar surface area (TPSA) is 173 Å². The van der Waals surface area contributed by atoms with Gasteiger partial charge in [-0.25, -0.2) is 13.4 Å². The number of carbonyl (C=O) groups excluding carboxylic acids is 3. The maximum absolute atomic E-state index is 15.0. The van der Waals surface area contributed by atoms with Gasteiger partial charge in [0, 0.05) is 23.3 Å². The molecule has 5 aliphatic rings. The molecule has 2 aliphatic carbocycles. The second-order valence-electron chi connectivity index (χ2n) is 16.7. The van der Waals surface area contributed by atoms with E-state index in [1.54, 1.807) is 11.8 Å². The van der Waals surface area contributed by atoms with Crippen LogP contribution in [0.5, 0.6) is 5.75 Å². The molecule has 5 heterocycles. The van der Waals surface area contributed by atoms with Crippen LogP contribution in [0.4, 0.5) is 6.01 Å². The number of aromatic nitrogens is 2. The van der Waals surface area contributed by atoms with Crippen molar-refractivity contribution in [3.8, 4) is 5.75 Å². The molecular formula is C42H48N6O7S. The number of ether oxygens (including phenoxy) is 1. The Morgan fingerprint density at radius 1 is 0.964 bits per heavy atom. The largest absolute Gasteiger partial charge is 0.483 e. The van der Waals surface area contributed by atoms with Gasteiger partial charge in [-0.05, 0) is 89.8 Å². The highest BCUT2D eigenvalue weighted by atomic mass is 32.2. The molecule has 9 rings (SSSR count). The molecule has 13 nitrogen and oxygen atoms in total. The molecule has 294 valence electrons. The van der Waals surface area contributed by atoms with Crippen LogP contribution in [0.25, 0.3) is 22.0 Å². The molecule has 5 unspecified atom stereocenters. The summed E-state index contributed by atoms with van der Waals surface area (Å²) in [6.45, 7) is 3.68. The monoisotopic (exact) mass is 780 g/mol. The lowest BCUT2D eigenvalue weighted by atomic mass is 9.65. The lowest BCUT2D eigenvalue weighted by Crippen LogP contribution is -2.70. The predicted molar refractivity (Wildman–Crippen MR) is 210 cm³/mol. The summed E-state index contributed by atoms with van der Waals surface area (Å²) in [7, 11) is -3.98. The number of para-hydroxylation sites is 3. The molecule has 1 saturated heterocycles. The second-order valence-corrected chi connectivity index (χ2v) is 18.9. The van der Waals surface area contributed by atoms with E-state index in [1.807, 2.05) is 67.6 Å². The molecule has 14 heteroatoms. The minimum atomic E-state index is -3.98. The van der Waals surface area contributed by atoms with Crippen molar-refractivity contribution in [2.24, 2.45) is 5.92 Å². The average Bonchev–Trinajstić information content (AvgIpc) is 3.65. The van der Waals surface area contributed by atoms with Crippen LogP contribution in [0.3, 0.4) is 0 Å². The molecule has 2 aromatic carbocycles. The van der Waals surface area contributed by atoms with Crippen molar-refractivity contribution in [3.05, 3.63) is 71.9 Å². The lowest BCUT2D eigenvalue weighted by Gasteiger charge is -2.48. The number of anilines is 1. The molecule has 3 aliphatic heterocycles. The van der Waals surface area contributed by atoms with Crippen molar-refractivity contribution in [2.45, 2.75) is 119 Å². The summed E-state index contributed by atoms with van der Waals surface area (Å²) < 4.78 is 41.0. The number of hydrogen-bond donors (Lipinski definition) is 3. The number of fused-ring (bicyclic) bond motifs is 6.